The van der Waals surface area contributed by atoms with E-state index in [4.69, 9.17) is 9.47 Å². The number of aliphatic carboxylic acids is 1. The number of ether oxygens (including phenoxy) is 2. The standard InChI is InChI=1S/C22H22N2O5S/c1-28-18-10-6-9-16(20(18)29-2)21-23-15(13-30-21)12-19(25)24-17(22(26)27)11-14-7-4-3-5-8-14/h3-10,13,17H,11-12H2,1-2H3,(H,24,25)(H,26,27). The van der Waals surface area contributed by atoms with Crippen LogP contribution in [0, 0.1) is 0 Å². The van der Waals surface area contributed by atoms with Crippen LogP contribution in [0.25, 0.3) is 10.6 Å². The second kappa shape index (κ2) is 9.89. The average molecular weight is 426 g/mol. The number of hydrogen-bond acceptors (Lipinski definition) is 6. The molecule has 0 bridgehead atoms. The monoisotopic (exact) mass is 426 g/mol. The molecule has 0 aliphatic carbocycles. The van der Waals surface area contributed by atoms with Gasteiger partial charge in [-0.2, -0.15) is 0 Å². The van der Waals surface area contributed by atoms with Crippen LogP contribution in [0.15, 0.2) is 53.9 Å². The molecule has 1 heterocycles. The molecular weight excluding hydrogens is 404 g/mol. The predicted octanol–water partition coefficient (Wildman–Crippen LogP) is 3.18. The van der Waals surface area contributed by atoms with Crippen molar-refractivity contribution >= 4 is 23.2 Å². The van der Waals surface area contributed by atoms with Gasteiger partial charge >= 0.3 is 5.97 Å². The van der Waals surface area contributed by atoms with Crippen LogP contribution in [-0.2, 0) is 22.4 Å². The number of hydrogen-bond donors (Lipinski definition) is 2. The van der Waals surface area contributed by atoms with Gasteiger partial charge in [0.25, 0.3) is 0 Å². The summed E-state index contributed by atoms with van der Waals surface area (Å²) in [4.78, 5) is 28.5. The normalized spacial score (nSPS) is 11.5. The molecule has 0 spiro atoms. The summed E-state index contributed by atoms with van der Waals surface area (Å²) in [6.45, 7) is 0. The van der Waals surface area contributed by atoms with Crippen molar-refractivity contribution in [1.82, 2.24) is 10.3 Å². The van der Waals surface area contributed by atoms with Gasteiger partial charge in [0.15, 0.2) is 11.5 Å². The number of para-hydroxylation sites is 1. The van der Waals surface area contributed by atoms with Gasteiger partial charge in [-0.15, -0.1) is 11.3 Å². The number of rotatable bonds is 9. The van der Waals surface area contributed by atoms with E-state index in [1.54, 1.807) is 25.7 Å². The fraction of sp³-hybridized carbons (Fsp3) is 0.227. The molecule has 1 unspecified atom stereocenters. The number of carboxylic acids is 1. The molecule has 2 aromatic carbocycles. The Hall–Kier alpha value is -3.39. The molecule has 3 rings (SSSR count). The summed E-state index contributed by atoms with van der Waals surface area (Å²) < 4.78 is 10.8. The third kappa shape index (κ3) is 5.15. The van der Waals surface area contributed by atoms with Crippen LogP contribution < -0.4 is 14.8 Å². The lowest BCUT2D eigenvalue weighted by atomic mass is 10.1. The summed E-state index contributed by atoms with van der Waals surface area (Å²) in [5.74, 6) is -0.311. The van der Waals surface area contributed by atoms with Crippen molar-refractivity contribution in [2.24, 2.45) is 0 Å². The van der Waals surface area contributed by atoms with Gasteiger partial charge in [-0.05, 0) is 17.7 Å². The largest absolute Gasteiger partial charge is 0.493 e. The Morgan fingerprint density at radius 1 is 1.10 bits per heavy atom. The van der Waals surface area contributed by atoms with Crippen molar-refractivity contribution in [3.05, 3.63) is 65.2 Å². The Morgan fingerprint density at radius 2 is 1.87 bits per heavy atom. The first-order valence-corrected chi connectivity index (χ1v) is 10.1. The number of nitrogens with zero attached hydrogens (tertiary/aromatic N) is 1. The fourth-order valence-corrected chi connectivity index (χ4v) is 3.87. The second-order valence-electron chi connectivity index (χ2n) is 6.51. The fourth-order valence-electron chi connectivity index (χ4n) is 3.03. The summed E-state index contributed by atoms with van der Waals surface area (Å²) >= 11 is 1.38. The summed E-state index contributed by atoms with van der Waals surface area (Å²) in [5.41, 5.74) is 2.16. The second-order valence-corrected chi connectivity index (χ2v) is 7.37. The number of carbonyl (C=O) groups excluding carboxylic acids is 1. The summed E-state index contributed by atoms with van der Waals surface area (Å²) in [6.07, 6.45) is 0.201. The van der Waals surface area contributed by atoms with Crippen molar-refractivity contribution in [1.29, 1.82) is 0 Å². The number of benzene rings is 2. The van der Waals surface area contributed by atoms with Crippen LogP contribution in [0.1, 0.15) is 11.3 Å². The van der Waals surface area contributed by atoms with Crippen molar-refractivity contribution in [2.45, 2.75) is 18.9 Å². The van der Waals surface area contributed by atoms with E-state index in [2.05, 4.69) is 10.3 Å². The number of carbonyl (C=O) groups is 2. The molecule has 2 N–H and O–H groups in total. The van der Waals surface area contributed by atoms with Crippen molar-refractivity contribution in [2.75, 3.05) is 14.2 Å². The van der Waals surface area contributed by atoms with Crippen molar-refractivity contribution in [3.63, 3.8) is 0 Å². The molecule has 7 nitrogen and oxygen atoms in total. The van der Waals surface area contributed by atoms with E-state index in [-0.39, 0.29) is 12.8 Å². The van der Waals surface area contributed by atoms with Gasteiger partial charge in [0.2, 0.25) is 5.91 Å². The zero-order chi connectivity index (χ0) is 21.5. The first kappa shape index (κ1) is 21.3. The molecule has 1 amide bonds. The van der Waals surface area contributed by atoms with E-state index in [0.29, 0.717) is 22.2 Å². The number of amides is 1. The molecule has 0 fully saturated rings. The smallest absolute Gasteiger partial charge is 0.326 e. The molecule has 0 aliphatic heterocycles. The highest BCUT2D eigenvalue weighted by atomic mass is 32.1. The average Bonchev–Trinajstić information content (AvgIpc) is 3.21. The Labute approximate surface area is 178 Å². The molecule has 30 heavy (non-hydrogen) atoms. The highest BCUT2D eigenvalue weighted by Gasteiger charge is 2.21. The van der Waals surface area contributed by atoms with Gasteiger partial charge in [-0.1, -0.05) is 36.4 Å². The van der Waals surface area contributed by atoms with Crippen LogP contribution in [0.5, 0.6) is 11.5 Å². The third-order valence-corrected chi connectivity index (χ3v) is 5.37. The molecule has 156 valence electrons. The van der Waals surface area contributed by atoms with Gasteiger partial charge in [0, 0.05) is 11.8 Å². The van der Waals surface area contributed by atoms with Crippen LogP contribution in [0.3, 0.4) is 0 Å². The minimum absolute atomic E-state index is 0.0125. The Balaban J connectivity index is 1.69. The summed E-state index contributed by atoms with van der Waals surface area (Å²) in [6, 6.07) is 13.7. The molecule has 0 saturated heterocycles. The molecule has 3 aromatic rings. The topological polar surface area (TPSA) is 97.8 Å². The number of methoxy groups -OCH3 is 2. The van der Waals surface area contributed by atoms with Gasteiger partial charge < -0.3 is 19.9 Å². The van der Waals surface area contributed by atoms with E-state index in [1.807, 2.05) is 42.5 Å². The lowest BCUT2D eigenvalue weighted by molar-refractivity contribution is -0.141. The third-order valence-electron chi connectivity index (χ3n) is 4.44. The minimum Gasteiger partial charge on any atom is -0.493 e. The van der Waals surface area contributed by atoms with Gasteiger partial charge in [0.1, 0.15) is 11.0 Å². The summed E-state index contributed by atoms with van der Waals surface area (Å²) in [7, 11) is 3.12. The van der Waals surface area contributed by atoms with Crippen LogP contribution in [0.2, 0.25) is 0 Å². The van der Waals surface area contributed by atoms with E-state index < -0.39 is 17.9 Å². The van der Waals surface area contributed by atoms with Gasteiger partial charge in [-0.3, -0.25) is 4.79 Å². The lowest BCUT2D eigenvalue weighted by Crippen LogP contribution is -2.43. The Bertz CT molecular complexity index is 1020. The first-order chi connectivity index (χ1) is 14.5. The zero-order valence-corrected chi connectivity index (χ0v) is 17.4. The highest BCUT2D eigenvalue weighted by molar-refractivity contribution is 7.13. The van der Waals surface area contributed by atoms with Crippen LogP contribution >= 0.6 is 11.3 Å². The maximum absolute atomic E-state index is 12.4. The minimum atomic E-state index is -1.08. The number of nitrogens with one attached hydrogen (secondary N) is 1. The number of carboxylic acid groups (broad SMARTS) is 1. The molecule has 1 aromatic heterocycles. The molecule has 1 atom stereocenters. The van der Waals surface area contributed by atoms with Crippen LogP contribution in [0.4, 0.5) is 0 Å². The zero-order valence-electron chi connectivity index (χ0n) is 16.6. The van der Waals surface area contributed by atoms with E-state index in [9.17, 15) is 14.7 Å². The van der Waals surface area contributed by atoms with Crippen molar-refractivity contribution < 1.29 is 24.2 Å². The van der Waals surface area contributed by atoms with Gasteiger partial charge in [0.05, 0.1) is 31.9 Å². The highest BCUT2D eigenvalue weighted by Crippen LogP contribution is 2.38. The molecular formula is C22H22N2O5S. The van der Waals surface area contributed by atoms with E-state index in [1.165, 1.54) is 11.3 Å². The van der Waals surface area contributed by atoms with Crippen molar-refractivity contribution in [3.8, 4) is 22.1 Å². The molecule has 0 aliphatic rings. The Morgan fingerprint density at radius 3 is 2.53 bits per heavy atom. The quantitative estimate of drug-likeness (QED) is 0.545. The number of aromatic nitrogens is 1. The lowest BCUT2D eigenvalue weighted by Gasteiger charge is -2.14. The van der Waals surface area contributed by atoms with E-state index in [0.717, 1.165) is 11.1 Å². The summed E-state index contributed by atoms with van der Waals surface area (Å²) in [5, 5.41) is 14.5. The predicted molar refractivity (Wildman–Crippen MR) is 114 cm³/mol. The molecule has 0 radical (unpaired) electrons. The first-order valence-electron chi connectivity index (χ1n) is 9.23. The molecule has 0 saturated carbocycles. The number of thiazole rings is 1. The molecule has 8 heteroatoms. The van der Waals surface area contributed by atoms with E-state index >= 15 is 0 Å². The van der Waals surface area contributed by atoms with Crippen LogP contribution in [-0.4, -0.2) is 42.2 Å². The SMILES string of the molecule is COc1cccc(-c2nc(CC(=O)NC(Cc3ccccc3)C(=O)O)cs2)c1OC. The van der Waals surface area contributed by atoms with Gasteiger partial charge in [-0.25, -0.2) is 9.78 Å². The maximum Gasteiger partial charge on any atom is 0.326 e. The maximum atomic E-state index is 12.4. The Kier molecular flexibility index (Phi) is 7.03.